The third-order valence-electron chi connectivity index (χ3n) is 4.84. The average Bonchev–Trinajstić information content (AvgIpc) is 2.60. The van der Waals surface area contributed by atoms with Crippen LogP contribution in [0.1, 0.15) is 12.8 Å². The summed E-state index contributed by atoms with van der Waals surface area (Å²) in [5.74, 6) is 0.400. The summed E-state index contributed by atoms with van der Waals surface area (Å²) in [6.45, 7) is 0. The quantitative estimate of drug-likeness (QED) is 0.670. The van der Waals surface area contributed by atoms with Gasteiger partial charge in [0.1, 0.15) is 5.69 Å². The number of aliphatic hydroxyl groups is 1. The summed E-state index contributed by atoms with van der Waals surface area (Å²) >= 11 is 5.93. The van der Waals surface area contributed by atoms with Gasteiger partial charge in [-0.25, -0.2) is 0 Å². The van der Waals surface area contributed by atoms with Gasteiger partial charge in [-0.15, -0.1) is 10.2 Å². The molecule has 1 saturated carbocycles. The zero-order valence-electron chi connectivity index (χ0n) is 14.0. The van der Waals surface area contributed by atoms with Crippen molar-refractivity contribution in [2.45, 2.75) is 30.7 Å². The largest absolute Gasteiger partial charge is 0.417 e. The summed E-state index contributed by atoms with van der Waals surface area (Å²) in [5, 5.41) is 23.2. The first-order valence-electron chi connectivity index (χ1n) is 8.34. The lowest BCUT2D eigenvalue weighted by Gasteiger charge is -2.44. The number of hydrogen-bond acceptors (Lipinski definition) is 4. The number of benzene rings is 2. The monoisotopic (exact) mass is 393 g/mol. The Kier molecular flexibility index (Phi) is 4.24. The van der Waals surface area contributed by atoms with E-state index in [0.29, 0.717) is 16.5 Å². The van der Waals surface area contributed by atoms with Crippen LogP contribution in [-0.2, 0) is 0 Å². The highest BCUT2D eigenvalue weighted by Gasteiger charge is 2.61. The van der Waals surface area contributed by atoms with Crippen molar-refractivity contribution in [1.29, 1.82) is 0 Å². The van der Waals surface area contributed by atoms with E-state index in [9.17, 15) is 18.3 Å². The summed E-state index contributed by atoms with van der Waals surface area (Å²) in [4.78, 5) is 0. The maximum Gasteiger partial charge on any atom is 0.417 e. The number of aromatic nitrogens is 2. The summed E-state index contributed by atoms with van der Waals surface area (Å²) < 4.78 is 38.4. The van der Waals surface area contributed by atoms with E-state index >= 15 is 0 Å². The maximum atomic E-state index is 12.8. The molecule has 8 heteroatoms. The fourth-order valence-electron chi connectivity index (χ4n) is 3.31. The minimum absolute atomic E-state index is 0.400. The number of alkyl halides is 3. The van der Waals surface area contributed by atoms with E-state index in [2.05, 4.69) is 15.5 Å². The number of hydrogen-bond donors (Lipinski definition) is 2. The topological polar surface area (TPSA) is 58.0 Å². The van der Waals surface area contributed by atoms with Crippen LogP contribution in [0.2, 0.25) is 5.02 Å². The van der Waals surface area contributed by atoms with E-state index in [1.165, 1.54) is 0 Å². The molecule has 27 heavy (non-hydrogen) atoms. The molecular formula is C19H15ClF3N3O. The van der Waals surface area contributed by atoms with E-state index in [1.807, 2.05) is 36.4 Å². The Bertz CT molecular complexity index is 986. The Morgan fingerprint density at radius 2 is 1.63 bits per heavy atom. The Balaban J connectivity index is 1.64. The number of anilines is 1. The molecule has 2 N–H and O–H groups in total. The lowest BCUT2D eigenvalue weighted by atomic mass is 9.75. The molecule has 0 unspecified atom stereocenters. The highest BCUT2D eigenvalue weighted by Crippen LogP contribution is 2.46. The van der Waals surface area contributed by atoms with Crippen molar-refractivity contribution in [1.82, 2.24) is 10.2 Å². The van der Waals surface area contributed by atoms with E-state index in [-0.39, 0.29) is 0 Å². The molecule has 0 atom stereocenters. The van der Waals surface area contributed by atoms with Gasteiger partial charge < -0.3 is 10.4 Å². The second kappa shape index (κ2) is 6.35. The highest BCUT2D eigenvalue weighted by molar-refractivity contribution is 6.30. The Hall–Kier alpha value is -2.38. The van der Waals surface area contributed by atoms with Gasteiger partial charge >= 0.3 is 6.18 Å². The Morgan fingerprint density at radius 3 is 2.26 bits per heavy atom. The summed E-state index contributed by atoms with van der Waals surface area (Å²) in [6.07, 6.45) is -5.45. The van der Waals surface area contributed by atoms with Gasteiger partial charge in [0, 0.05) is 40.2 Å². The van der Waals surface area contributed by atoms with Crippen LogP contribution in [0.4, 0.5) is 19.0 Å². The molecule has 1 heterocycles. The van der Waals surface area contributed by atoms with Crippen LogP contribution in [0.3, 0.4) is 0 Å². The summed E-state index contributed by atoms with van der Waals surface area (Å²) in [7, 11) is 0. The fraction of sp³-hybridized carbons (Fsp3) is 0.263. The van der Waals surface area contributed by atoms with E-state index in [1.54, 1.807) is 12.1 Å². The van der Waals surface area contributed by atoms with Crippen LogP contribution in [0.25, 0.3) is 22.0 Å². The number of nitrogens with zero attached hydrogens (tertiary/aromatic N) is 2. The minimum atomic E-state index is -4.63. The molecule has 4 nitrogen and oxygen atoms in total. The van der Waals surface area contributed by atoms with Crippen molar-refractivity contribution in [2.75, 3.05) is 5.32 Å². The van der Waals surface area contributed by atoms with Crippen molar-refractivity contribution in [3.63, 3.8) is 0 Å². The van der Waals surface area contributed by atoms with Crippen LogP contribution in [0.15, 0.2) is 48.5 Å². The van der Waals surface area contributed by atoms with Crippen LogP contribution in [0, 0.1) is 0 Å². The van der Waals surface area contributed by atoms with E-state index in [4.69, 9.17) is 11.6 Å². The van der Waals surface area contributed by atoms with Crippen molar-refractivity contribution in [3.8, 4) is 11.3 Å². The molecule has 0 aliphatic heterocycles. The smallest absolute Gasteiger partial charge is 0.380 e. The molecule has 0 bridgehead atoms. The minimum Gasteiger partial charge on any atom is -0.380 e. The predicted molar refractivity (Wildman–Crippen MR) is 97.6 cm³/mol. The molecule has 0 radical (unpaired) electrons. The van der Waals surface area contributed by atoms with Gasteiger partial charge in [-0.05, 0) is 12.1 Å². The Morgan fingerprint density at radius 1 is 1.00 bits per heavy atom. The van der Waals surface area contributed by atoms with Gasteiger partial charge in [-0.1, -0.05) is 48.0 Å². The van der Waals surface area contributed by atoms with Gasteiger partial charge in [0.15, 0.2) is 11.4 Å². The average molecular weight is 394 g/mol. The lowest BCUT2D eigenvalue weighted by Crippen LogP contribution is -2.59. The molecule has 1 aliphatic rings. The second-order valence-corrected chi connectivity index (χ2v) is 7.16. The first-order chi connectivity index (χ1) is 12.8. The van der Waals surface area contributed by atoms with Crippen molar-refractivity contribution >= 4 is 28.2 Å². The SMILES string of the molecule is OC1(C(F)(F)F)CC(Nc2nnc(-c3ccc(Cl)cc3)c3ccccc23)C1. The summed E-state index contributed by atoms with van der Waals surface area (Å²) in [5.41, 5.74) is -1.13. The third-order valence-corrected chi connectivity index (χ3v) is 5.09. The first kappa shape index (κ1) is 18.0. The van der Waals surface area contributed by atoms with Gasteiger partial charge in [0.05, 0.1) is 0 Å². The van der Waals surface area contributed by atoms with Gasteiger partial charge in [-0.2, -0.15) is 13.2 Å². The number of rotatable bonds is 3. The zero-order chi connectivity index (χ0) is 19.2. The van der Waals surface area contributed by atoms with Crippen LogP contribution in [-0.4, -0.2) is 33.1 Å². The van der Waals surface area contributed by atoms with Crippen molar-refractivity contribution in [2.24, 2.45) is 0 Å². The summed E-state index contributed by atoms with van der Waals surface area (Å²) in [6, 6.07) is 14.1. The Labute approximate surface area is 158 Å². The van der Waals surface area contributed by atoms with Gasteiger partial charge in [0.25, 0.3) is 0 Å². The van der Waals surface area contributed by atoms with E-state index < -0.39 is 30.7 Å². The standard InChI is InChI=1S/C19H15ClF3N3O/c20-12-7-5-11(6-8-12)16-14-3-1-2-4-15(14)17(26-25-16)24-13-9-18(27,10-13)19(21,22)23/h1-8,13,27H,9-10H2,(H,24,26). The molecule has 0 spiro atoms. The normalized spacial score (nSPS) is 22.5. The number of halogens is 4. The van der Waals surface area contributed by atoms with Crippen molar-refractivity contribution < 1.29 is 18.3 Å². The number of nitrogens with one attached hydrogen (secondary N) is 1. The number of fused-ring (bicyclic) bond motifs is 1. The molecule has 3 aromatic rings. The molecule has 2 aromatic carbocycles. The molecule has 140 valence electrons. The molecular weight excluding hydrogens is 379 g/mol. The predicted octanol–water partition coefficient (Wildman–Crippen LogP) is 4.82. The molecule has 0 amide bonds. The van der Waals surface area contributed by atoms with Gasteiger partial charge in [0.2, 0.25) is 0 Å². The molecule has 4 rings (SSSR count). The molecule has 1 aliphatic carbocycles. The fourth-order valence-corrected chi connectivity index (χ4v) is 3.44. The first-order valence-corrected chi connectivity index (χ1v) is 8.72. The van der Waals surface area contributed by atoms with Gasteiger partial charge in [-0.3, -0.25) is 0 Å². The van der Waals surface area contributed by atoms with Crippen LogP contribution in [0.5, 0.6) is 0 Å². The molecule has 1 aromatic heterocycles. The lowest BCUT2D eigenvalue weighted by molar-refractivity contribution is -0.288. The van der Waals surface area contributed by atoms with Crippen LogP contribution < -0.4 is 5.32 Å². The zero-order valence-corrected chi connectivity index (χ0v) is 14.7. The highest BCUT2D eigenvalue weighted by atomic mass is 35.5. The maximum absolute atomic E-state index is 12.8. The van der Waals surface area contributed by atoms with Crippen molar-refractivity contribution in [3.05, 3.63) is 53.6 Å². The van der Waals surface area contributed by atoms with E-state index in [0.717, 1.165) is 16.3 Å². The van der Waals surface area contributed by atoms with Crippen LogP contribution >= 0.6 is 11.6 Å². The second-order valence-electron chi connectivity index (χ2n) is 6.73. The third kappa shape index (κ3) is 3.21. The molecule has 1 fully saturated rings. The molecule has 0 saturated heterocycles.